The first-order valence-corrected chi connectivity index (χ1v) is 7.76. The van der Waals surface area contributed by atoms with Crippen molar-refractivity contribution in [2.45, 2.75) is 25.8 Å². The van der Waals surface area contributed by atoms with Crippen LogP contribution in [0.25, 0.3) is 0 Å². The second-order valence-electron chi connectivity index (χ2n) is 5.70. The largest absolute Gasteiger partial charge is 0.467 e. The molecule has 6 heteroatoms. The minimum absolute atomic E-state index is 0.168. The van der Waals surface area contributed by atoms with Crippen LogP contribution in [0.3, 0.4) is 0 Å². The highest BCUT2D eigenvalue weighted by Crippen LogP contribution is 2.12. The average molecular weight is 347 g/mol. The van der Waals surface area contributed by atoms with E-state index in [1.54, 1.807) is 0 Å². The second kappa shape index (κ2) is 8.37. The van der Waals surface area contributed by atoms with Crippen molar-refractivity contribution in [2.75, 3.05) is 7.11 Å². The molecule has 0 saturated heterocycles. The van der Waals surface area contributed by atoms with Crippen molar-refractivity contribution in [3.63, 3.8) is 0 Å². The Balaban J connectivity index is 2.08. The molecule has 0 aromatic heterocycles. The van der Waals surface area contributed by atoms with E-state index in [2.05, 4.69) is 5.32 Å². The average Bonchev–Trinajstić information content (AvgIpc) is 2.58. The zero-order valence-corrected chi connectivity index (χ0v) is 14.0. The predicted octanol–water partition coefficient (Wildman–Crippen LogP) is 2.72. The van der Waals surface area contributed by atoms with Crippen LogP contribution in [0.5, 0.6) is 0 Å². The topological polar surface area (TPSA) is 55.4 Å². The van der Waals surface area contributed by atoms with Gasteiger partial charge < -0.3 is 10.1 Å². The lowest BCUT2D eigenvalue weighted by atomic mass is 10.0. The molecule has 1 amide bonds. The maximum atomic E-state index is 13.2. The summed E-state index contributed by atoms with van der Waals surface area (Å²) >= 11 is 0. The van der Waals surface area contributed by atoms with Gasteiger partial charge in [-0.15, -0.1) is 0 Å². The molecule has 0 radical (unpaired) electrons. The molecule has 0 saturated carbocycles. The van der Waals surface area contributed by atoms with Gasteiger partial charge in [0.25, 0.3) is 0 Å². The van der Waals surface area contributed by atoms with E-state index in [9.17, 15) is 18.4 Å². The number of amides is 1. The fourth-order valence-electron chi connectivity index (χ4n) is 2.47. The van der Waals surface area contributed by atoms with Gasteiger partial charge >= 0.3 is 5.97 Å². The number of rotatable bonds is 6. The Hall–Kier alpha value is -2.76. The summed E-state index contributed by atoms with van der Waals surface area (Å²) in [5.41, 5.74) is 2.22. The summed E-state index contributed by atoms with van der Waals surface area (Å²) < 4.78 is 30.9. The fourth-order valence-corrected chi connectivity index (χ4v) is 2.47. The molecule has 0 aliphatic rings. The Morgan fingerprint density at radius 1 is 1.12 bits per heavy atom. The highest BCUT2D eigenvalue weighted by Gasteiger charge is 2.22. The number of halogens is 2. The summed E-state index contributed by atoms with van der Waals surface area (Å²) in [6.45, 7) is 1.91. The number of carbonyl (C=O) groups excluding carboxylic acids is 2. The summed E-state index contributed by atoms with van der Waals surface area (Å²) in [4.78, 5) is 24.1. The lowest BCUT2D eigenvalue weighted by molar-refractivity contribution is -0.145. The number of hydrogen-bond donors (Lipinski definition) is 1. The number of benzene rings is 2. The number of nitrogens with one attached hydrogen (secondary N) is 1. The van der Waals surface area contributed by atoms with Crippen LogP contribution in [0, 0.1) is 18.6 Å². The van der Waals surface area contributed by atoms with E-state index in [1.807, 2.05) is 31.2 Å². The molecule has 1 N–H and O–H groups in total. The summed E-state index contributed by atoms with van der Waals surface area (Å²) in [5, 5.41) is 2.60. The van der Waals surface area contributed by atoms with Gasteiger partial charge in [-0.1, -0.05) is 30.3 Å². The van der Waals surface area contributed by atoms with Crippen molar-refractivity contribution >= 4 is 11.9 Å². The first kappa shape index (κ1) is 18.6. The number of carbonyl (C=O) groups is 2. The maximum absolute atomic E-state index is 13.2. The van der Waals surface area contributed by atoms with Crippen molar-refractivity contribution in [1.29, 1.82) is 0 Å². The van der Waals surface area contributed by atoms with Crippen LogP contribution in [-0.4, -0.2) is 25.0 Å². The molecule has 25 heavy (non-hydrogen) atoms. The molecular formula is C19H19F2NO3. The van der Waals surface area contributed by atoms with Crippen LogP contribution in [0.2, 0.25) is 0 Å². The Morgan fingerprint density at radius 3 is 2.48 bits per heavy atom. The quantitative estimate of drug-likeness (QED) is 0.818. The predicted molar refractivity (Wildman–Crippen MR) is 88.9 cm³/mol. The Labute approximate surface area is 144 Å². The van der Waals surface area contributed by atoms with E-state index in [0.717, 1.165) is 23.3 Å². The number of hydrogen-bond acceptors (Lipinski definition) is 3. The zero-order chi connectivity index (χ0) is 18.4. The maximum Gasteiger partial charge on any atom is 0.328 e. The van der Waals surface area contributed by atoms with Crippen molar-refractivity contribution in [1.82, 2.24) is 5.32 Å². The van der Waals surface area contributed by atoms with Gasteiger partial charge in [0.1, 0.15) is 6.04 Å². The lowest BCUT2D eigenvalue weighted by Crippen LogP contribution is -2.43. The highest BCUT2D eigenvalue weighted by atomic mass is 19.2. The molecule has 0 spiro atoms. The summed E-state index contributed by atoms with van der Waals surface area (Å²) in [5.74, 6) is -3.04. The molecule has 0 heterocycles. The SMILES string of the molecule is COC(=O)[C@H](Cc1ccccc1C)NC(=O)Cc1ccc(F)c(F)c1. The Bertz CT molecular complexity index is 777. The Morgan fingerprint density at radius 2 is 1.84 bits per heavy atom. The van der Waals surface area contributed by atoms with E-state index in [-0.39, 0.29) is 12.8 Å². The van der Waals surface area contributed by atoms with E-state index in [4.69, 9.17) is 4.74 Å². The molecule has 0 unspecified atom stereocenters. The molecule has 0 fully saturated rings. The van der Waals surface area contributed by atoms with Crippen molar-refractivity contribution in [3.05, 3.63) is 70.8 Å². The van der Waals surface area contributed by atoms with Crippen molar-refractivity contribution in [3.8, 4) is 0 Å². The van der Waals surface area contributed by atoms with Crippen LogP contribution in [0.4, 0.5) is 8.78 Å². The van der Waals surface area contributed by atoms with Crippen LogP contribution in [0.1, 0.15) is 16.7 Å². The van der Waals surface area contributed by atoms with Gasteiger partial charge in [-0.3, -0.25) is 4.79 Å². The van der Waals surface area contributed by atoms with E-state index >= 15 is 0 Å². The van der Waals surface area contributed by atoms with Crippen LogP contribution in [0.15, 0.2) is 42.5 Å². The third-order valence-electron chi connectivity index (χ3n) is 3.85. The number of aryl methyl sites for hydroxylation is 1. The molecule has 0 bridgehead atoms. The van der Waals surface area contributed by atoms with Crippen LogP contribution < -0.4 is 5.32 Å². The van der Waals surface area contributed by atoms with Gasteiger partial charge in [-0.05, 0) is 35.7 Å². The monoisotopic (exact) mass is 347 g/mol. The van der Waals surface area contributed by atoms with Crippen molar-refractivity contribution in [2.24, 2.45) is 0 Å². The molecule has 2 aromatic rings. The first-order chi connectivity index (χ1) is 11.9. The summed E-state index contributed by atoms with van der Waals surface area (Å²) in [6.07, 6.45) is 0.112. The standard InChI is InChI=1S/C19H19F2NO3/c1-12-5-3-4-6-14(12)11-17(19(24)25-2)22-18(23)10-13-7-8-15(20)16(21)9-13/h3-9,17H,10-11H2,1-2H3,(H,22,23)/t17-/m0/s1. The molecule has 2 aromatic carbocycles. The highest BCUT2D eigenvalue weighted by molar-refractivity contribution is 5.85. The number of esters is 1. The number of ether oxygens (including phenoxy) is 1. The molecule has 132 valence electrons. The van der Waals surface area contributed by atoms with Gasteiger partial charge in [0, 0.05) is 6.42 Å². The summed E-state index contributed by atoms with van der Waals surface area (Å²) in [7, 11) is 1.24. The zero-order valence-electron chi connectivity index (χ0n) is 14.0. The van der Waals surface area contributed by atoms with Crippen LogP contribution in [-0.2, 0) is 27.2 Å². The first-order valence-electron chi connectivity index (χ1n) is 7.76. The van der Waals surface area contributed by atoms with Crippen molar-refractivity contribution < 1.29 is 23.1 Å². The molecule has 0 aliphatic heterocycles. The minimum atomic E-state index is -1.02. The summed E-state index contributed by atoms with van der Waals surface area (Å²) in [6, 6.07) is 9.90. The molecule has 1 atom stereocenters. The van der Waals surface area contributed by atoms with Gasteiger partial charge in [0.15, 0.2) is 11.6 Å². The Kier molecular flexibility index (Phi) is 6.22. The molecule has 4 nitrogen and oxygen atoms in total. The smallest absolute Gasteiger partial charge is 0.328 e. The van der Waals surface area contributed by atoms with E-state index in [0.29, 0.717) is 5.56 Å². The third-order valence-corrected chi connectivity index (χ3v) is 3.85. The number of methoxy groups -OCH3 is 1. The molecular weight excluding hydrogens is 328 g/mol. The van der Waals surface area contributed by atoms with Gasteiger partial charge in [0.2, 0.25) is 5.91 Å². The fraction of sp³-hybridized carbons (Fsp3) is 0.263. The normalized spacial score (nSPS) is 11.7. The van der Waals surface area contributed by atoms with Crippen LogP contribution >= 0.6 is 0 Å². The van der Waals surface area contributed by atoms with Gasteiger partial charge in [0.05, 0.1) is 13.5 Å². The minimum Gasteiger partial charge on any atom is -0.467 e. The van der Waals surface area contributed by atoms with Gasteiger partial charge in [-0.25, -0.2) is 13.6 Å². The lowest BCUT2D eigenvalue weighted by Gasteiger charge is -2.18. The van der Waals surface area contributed by atoms with Gasteiger partial charge in [-0.2, -0.15) is 0 Å². The van der Waals surface area contributed by atoms with E-state index < -0.39 is 29.6 Å². The van der Waals surface area contributed by atoms with E-state index in [1.165, 1.54) is 13.2 Å². The third kappa shape index (κ3) is 5.11. The second-order valence-corrected chi connectivity index (χ2v) is 5.70. The molecule has 0 aliphatic carbocycles. The molecule has 2 rings (SSSR count).